The maximum Gasteiger partial charge on any atom is 0.122 e. The highest BCUT2D eigenvalue weighted by molar-refractivity contribution is 5.37. The molecule has 0 bridgehead atoms. The lowest BCUT2D eigenvalue weighted by molar-refractivity contribution is 0.215. The van der Waals surface area contributed by atoms with Crippen LogP contribution in [0.2, 0.25) is 0 Å². The molecule has 0 unspecified atom stereocenters. The van der Waals surface area contributed by atoms with Gasteiger partial charge in [0.2, 0.25) is 0 Å². The summed E-state index contributed by atoms with van der Waals surface area (Å²) >= 11 is 0. The number of piperidine rings is 1. The van der Waals surface area contributed by atoms with Crippen LogP contribution in [0.3, 0.4) is 0 Å². The zero-order chi connectivity index (χ0) is 13.0. The molecule has 0 aliphatic carbocycles. The molecule has 0 saturated carbocycles. The van der Waals surface area contributed by atoms with E-state index in [1.54, 1.807) is 7.11 Å². The number of ether oxygens (including phenoxy) is 1. The van der Waals surface area contributed by atoms with E-state index in [2.05, 4.69) is 30.0 Å². The highest BCUT2D eigenvalue weighted by atomic mass is 16.5. The lowest BCUT2D eigenvalue weighted by Gasteiger charge is -2.30. The van der Waals surface area contributed by atoms with Crippen LogP contribution in [-0.2, 0) is 6.42 Å². The molecule has 0 atom stereocenters. The van der Waals surface area contributed by atoms with Gasteiger partial charge in [-0.1, -0.05) is 17.7 Å². The molecule has 0 aromatic heterocycles. The topological polar surface area (TPSA) is 38.5 Å². The van der Waals surface area contributed by atoms with Crippen LogP contribution in [0, 0.1) is 6.92 Å². The van der Waals surface area contributed by atoms with E-state index in [-0.39, 0.29) is 0 Å². The fourth-order valence-electron chi connectivity index (χ4n) is 2.56. The van der Waals surface area contributed by atoms with Gasteiger partial charge in [0, 0.05) is 12.6 Å². The van der Waals surface area contributed by atoms with Crippen molar-refractivity contribution in [3.63, 3.8) is 0 Å². The number of rotatable bonds is 4. The second-order valence-electron chi connectivity index (χ2n) is 5.24. The molecule has 100 valence electrons. The molecule has 1 saturated heterocycles. The van der Waals surface area contributed by atoms with Crippen LogP contribution >= 0.6 is 0 Å². The summed E-state index contributed by atoms with van der Waals surface area (Å²) in [7, 11) is 1.74. The Morgan fingerprint density at radius 3 is 2.72 bits per heavy atom. The first-order valence-corrected chi connectivity index (χ1v) is 6.80. The number of methoxy groups -OCH3 is 1. The summed E-state index contributed by atoms with van der Waals surface area (Å²) in [5.74, 6) is 1.01. The quantitative estimate of drug-likeness (QED) is 0.885. The third-order valence-corrected chi connectivity index (χ3v) is 3.77. The summed E-state index contributed by atoms with van der Waals surface area (Å²) in [5.41, 5.74) is 8.53. The summed E-state index contributed by atoms with van der Waals surface area (Å²) < 4.78 is 5.42. The van der Waals surface area contributed by atoms with Crippen LogP contribution in [0.15, 0.2) is 18.2 Å². The Balaban J connectivity index is 1.91. The molecule has 1 aromatic carbocycles. The van der Waals surface area contributed by atoms with Crippen molar-refractivity contribution in [1.82, 2.24) is 4.90 Å². The van der Waals surface area contributed by atoms with Gasteiger partial charge in [-0.15, -0.1) is 0 Å². The normalized spacial score (nSPS) is 17.9. The van der Waals surface area contributed by atoms with E-state index >= 15 is 0 Å². The largest absolute Gasteiger partial charge is 0.496 e. The Morgan fingerprint density at radius 2 is 2.06 bits per heavy atom. The summed E-state index contributed by atoms with van der Waals surface area (Å²) in [6, 6.07) is 6.81. The third kappa shape index (κ3) is 3.47. The minimum absolute atomic E-state index is 0.412. The van der Waals surface area contributed by atoms with Gasteiger partial charge in [-0.2, -0.15) is 0 Å². The van der Waals surface area contributed by atoms with Gasteiger partial charge in [0.15, 0.2) is 0 Å². The van der Waals surface area contributed by atoms with Gasteiger partial charge >= 0.3 is 0 Å². The van der Waals surface area contributed by atoms with E-state index in [4.69, 9.17) is 10.5 Å². The molecular formula is C15H24N2O. The van der Waals surface area contributed by atoms with E-state index in [0.29, 0.717) is 6.04 Å². The molecule has 3 nitrogen and oxygen atoms in total. The molecule has 1 fully saturated rings. The number of benzene rings is 1. The molecule has 0 spiro atoms. The van der Waals surface area contributed by atoms with Gasteiger partial charge < -0.3 is 15.4 Å². The van der Waals surface area contributed by atoms with E-state index < -0.39 is 0 Å². The van der Waals surface area contributed by atoms with Crippen LogP contribution in [-0.4, -0.2) is 37.7 Å². The predicted molar refractivity (Wildman–Crippen MR) is 75.1 cm³/mol. The average molecular weight is 248 g/mol. The Kier molecular flexibility index (Phi) is 4.61. The number of likely N-dealkylation sites (tertiary alicyclic amines) is 1. The van der Waals surface area contributed by atoms with Crippen molar-refractivity contribution in [2.75, 3.05) is 26.7 Å². The maximum absolute atomic E-state index is 5.92. The molecule has 1 aliphatic rings. The summed E-state index contributed by atoms with van der Waals surface area (Å²) in [6.07, 6.45) is 3.32. The van der Waals surface area contributed by atoms with Crippen molar-refractivity contribution in [3.05, 3.63) is 29.3 Å². The number of hydrogen-bond acceptors (Lipinski definition) is 3. The molecule has 18 heavy (non-hydrogen) atoms. The summed E-state index contributed by atoms with van der Waals surface area (Å²) in [5, 5.41) is 0. The van der Waals surface area contributed by atoms with Crippen molar-refractivity contribution in [2.45, 2.75) is 32.2 Å². The molecule has 1 aromatic rings. The van der Waals surface area contributed by atoms with Gasteiger partial charge in [0.05, 0.1) is 7.11 Å². The lowest BCUT2D eigenvalue weighted by Crippen LogP contribution is -2.40. The number of nitrogens with two attached hydrogens (primary N) is 1. The zero-order valence-electron chi connectivity index (χ0n) is 11.5. The standard InChI is InChI=1S/C15H24N2O/c1-12-3-4-15(18-2)13(11-12)5-8-17-9-6-14(16)7-10-17/h3-4,11,14H,5-10,16H2,1-2H3. The van der Waals surface area contributed by atoms with Crippen molar-refractivity contribution in [1.29, 1.82) is 0 Å². The Bertz CT molecular complexity index is 384. The van der Waals surface area contributed by atoms with Gasteiger partial charge in [0.1, 0.15) is 5.75 Å². The fourth-order valence-corrected chi connectivity index (χ4v) is 2.56. The second kappa shape index (κ2) is 6.21. The first-order valence-electron chi connectivity index (χ1n) is 6.80. The molecule has 2 rings (SSSR count). The van der Waals surface area contributed by atoms with Crippen LogP contribution in [0.4, 0.5) is 0 Å². The van der Waals surface area contributed by atoms with E-state index in [1.165, 1.54) is 11.1 Å². The Labute approximate surface area is 110 Å². The maximum atomic E-state index is 5.92. The average Bonchev–Trinajstić information content (AvgIpc) is 2.38. The van der Waals surface area contributed by atoms with Gasteiger partial charge in [0.25, 0.3) is 0 Å². The molecule has 1 aliphatic heterocycles. The summed E-state index contributed by atoms with van der Waals surface area (Å²) in [4.78, 5) is 2.51. The first kappa shape index (κ1) is 13.4. The molecule has 0 radical (unpaired) electrons. The zero-order valence-corrected chi connectivity index (χ0v) is 11.5. The van der Waals surface area contributed by atoms with Crippen molar-refractivity contribution < 1.29 is 4.74 Å². The molecular weight excluding hydrogens is 224 g/mol. The predicted octanol–water partition coefficient (Wildman–Crippen LogP) is 1.97. The van der Waals surface area contributed by atoms with Gasteiger partial charge in [-0.25, -0.2) is 0 Å². The SMILES string of the molecule is COc1ccc(C)cc1CCN1CCC(N)CC1. The Morgan fingerprint density at radius 1 is 1.33 bits per heavy atom. The number of hydrogen-bond donors (Lipinski definition) is 1. The van der Waals surface area contributed by atoms with Crippen LogP contribution in [0.1, 0.15) is 24.0 Å². The Hall–Kier alpha value is -1.06. The van der Waals surface area contributed by atoms with Crippen LogP contribution in [0.5, 0.6) is 5.75 Å². The third-order valence-electron chi connectivity index (χ3n) is 3.77. The monoisotopic (exact) mass is 248 g/mol. The number of nitrogens with zero attached hydrogens (tertiary/aromatic N) is 1. The highest BCUT2D eigenvalue weighted by Crippen LogP contribution is 2.21. The lowest BCUT2D eigenvalue weighted by atomic mass is 10.0. The smallest absolute Gasteiger partial charge is 0.122 e. The molecule has 2 N–H and O–H groups in total. The minimum Gasteiger partial charge on any atom is -0.496 e. The molecule has 1 heterocycles. The molecule has 0 amide bonds. The summed E-state index contributed by atoms with van der Waals surface area (Å²) in [6.45, 7) is 5.50. The van der Waals surface area contributed by atoms with Crippen molar-refractivity contribution in [2.24, 2.45) is 5.73 Å². The second-order valence-corrected chi connectivity index (χ2v) is 5.24. The van der Waals surface area contributed by atoms with E-state index in [1.807, 2.05) is 0 Å². The highest BCUT2D eigenvalue weighted by Gasteiger charge is 2.16. The van der Waals surface area contributed by atoms with Crippen LogP contribution < -0.4 is 10.5 Å². The fraction of sp³-hybridized carbons (Fsp3) is 0.600. The van der Waals surface area contributed by atoms with Crippen molar-refractivity contribution >= 4 is 0 Å². The van der Waals surface area contributed by atoms with E-state index in [9.17, 15) is 0 Å². The van der Waals surface area contributed by atoms with E-state index in [0.717, 1.165) is 44.6 Å². The van der Waals surface area contributed by atoms with Crippen molar-refractivity contribution in [3.8, 4) is 5.75 Å². The minimum atomic E-state index is 0.412. The number of aryl methyl sites for hydroxylation is 1. The molecule has 3 heteroatoms. The first-order chi connectivity index (χ1) is 8.69. The van der Waals surface area contributed by atoms with Gasteiger partial charge in [-0.05, 0) is 50.9 Å². The van der Waals surface area contributed by atoms with Crippen LogP contribution in [0.25, 0.3) is 0 Å². The van der Waals surface area contributed by atoms with Gasteiger partial charge in [-0.3, -0.25) is 0 Å².